The van der Waals surface area contributed by atoms with E-state index in [1.807, 2.05) is 0 Å². The molecule has 2 unspecified atom stereocenters. The molecule has 0 N–H and O–H groups in total. The monoisotopic (exact) mass is 356 g/mol. The Bertz CT molecular complexity index is 382. The summed E-state index contributed by atoms with van der Waals surface area (Å²) in [5.41, 5.74) is -10.9. The summed E-state index contributed by atoms with van der Waals surface area (Å²) in [5.74, 6) is -3.81. The highest BCUT2D eigenvalue weighted by Gasteiger charge is 2.76. The lowest BCUT2D eigenvalue weighted by atomic mass is 9.80. The largest absolute Gasteiger partial charge is 0.432 e. The van der Waals surface area contributed by atoms with Crippen molar-refractivity contribution in [3.63, 3.8) is 0 Å². The molecule has 0 aromatic rings. The third-order valence-electron chi connectivity index (χ3n) is 2.84. The molecular formula is C10H8F12. The highest BCUT2D eigenvalue weighted by Crippen LogP contribution is 2.54. The molecule has 2 atom stereocenters. The van der Waals surface area contributed by atoms with Gasteiger partial charge in [0.25, 0.3) is 0 Å². The Kier molecular flexibility index (Phi) is 5.54. The SMILES string of the molecule is CC(F)(CC(/C=C\F)C(F)(C(F)(F)F)C(F)(F)F)C(F)(F)F. The fourth-order valence-corrected chi connectivity index (χ4v) is 1.54. The predicted octanol–water partition coefficient (Wildman–Crippen LogP) is 5.60. The van der Waals surface area contributed by atoms with Crippen LogP contribution in [-0.4, -0.2) is 29.9 Å². The number of halogens is 12. The summed E-state index contributed by atoms with van der Waals surface area (Å²) in [6.07, 6.45) is -23.7. The molecule has 0 aromatic carbocycles. The molecular weight excluding hydrogens is 348 g/mol. The molecule has 0 aromatic heterocycles. The maximum absolute atomic E-state index is 13.6. The number of rotatable bonds is 4. The summed E-state index contributed by atoms with van der Waals surface area (Å²) in [7, 11) is 0. The van der Waals surface area contributed by atoms with Gasteiger partial charge in [-0.2, -0.15) is 39.5 Å². The molecule has 0 spiro atoms. The van der Waals surface area contributed by atoms with Gasteiger partial charge in [0.2, 0.25) is 5.67 Å². The molecule has 12 heteroatoms. The van der Waals surface area contributed by atoms with Gasteiger partial charge in [-0.1, -0.05) is 0 Å². The van der Waals surface area contributed by atoms with E-state index in [0.717, 1.165) is 0 Å². The van der Waals surface area contributed by atoms with Gasteiger partial charge in [-0.05, 0) is 13.0 Å². The van der Waals surface area contributed by atoms with E-state index in [1.54, 1.807) is 0 Å². The van der Waals surface area contributed by atoms with Crippen molar-refractivity contribution >= 4 is 0 Å². The van der Waals surface area contributed by atoms with Crippen molar-refractivity contribution in [2.75, 3.05) is 0 Å². The zero-order valence-electron chi connectivity index (χ0n) is 10.5. The summed E-state index contributed by atoms with van der Waals surface area (Å²) in [4.78, 5) is 0. The van der Waals surface area contributed by atoms with Crippen molar-refractivity contribution in [1.29, 1.82) is 0 Å². The minimum Gasteiger partial charge on any atom is -0.234 e. The second-order valence-electron chi connectivity index (χ2n) is 4.53. The van der Waals surface area contributed by atoms with Crippen LogP contribution >= 0.6 is 0 Å². The van der Waals surface area contributed by atoms with E-state index in [0.29, 0.717) is 0 Å². The maximum atomic E-state index is 13.6. The molecule has 0 saturated carbocycles. The molecule has 22 heavy (non-hydrogen) atoms. The Balaban J connectivity index is 6.03. The van der Waals surface area contributed by atoms with E-state index in [4.69, 9.17) is 0 Å². The van der Waals surface area contributed by atoms with Gasteiger partial charge in [0.15, 0.2) is 0 Å². The Morgan fingerprint density at radius 1 is 0.727 bits per heavy atom. The van der Waals surface area contributed by atoms with E-state index >= 15 is 0 Å². The van der Waals surface area contributed by atoms with Crippen molar-refractivity contribution in [2.24, 2.45) is 5.92 Å². The molecule has 0 bridgehead atoms. The first kappa shape index (κ1) is 20.9. The molecule has 0 rings (SSSR count). The van der Waals surface area contributed by atoms with E-state index < -0.39 is 54.6 Å². The van der Waals surface area contributed by atoms with E-state index in [9.17, 15) is 52.7 Å². The minimum atomic E-state index is -6.74. The average Bonchev–Trinajstić information content (AvgIpc) is 2.22. The number of hydrogen-bond donors (Lipinski definition) is 0. The van der Waals surface area contributed by atoms with Crippen LogP contribution < -0.4 is 0 Å². The van der Waals surface area contributed by atoms with Crippen LogP contribution in [0.5, 0.6) is 0 Å². The van der Waals surface area contributed by atoms with Crippen LogP contribution in [0.2, 0.25) is 0 Å². The highest BCUT2D eigenvalue weighted by molar-refractivity contribution is 5.09. The standard InChI is InChI=1S/C10H8F12/c1-6(12,8(14,15)16)4-5(2-3-11)7(13,9(17,18)19)10(20,21)22/h2-3,5H,4H2,1H3/b3-2-. The molecule has 0 nitrogen and oxygen atoms in total. The first-order valence-corrected chi connectivity index (χ1v) is 5.26. The van der Waals surface area contributed by atoms with Gasteiger partial charge in [-0.25, -0.2) is 13.2 Å². The van der Waals surface area contributed by atoms with Gasteiger partial charge in [0.05, 0.1) is 6.33 Å². The van der Waals surface area contributed by atoms with Crippen LogP contribution in [0.15, 0.2) is 12.4 Å². The molecule has 0 aliphatic rings. The fourth-order valence-electron chi connectivity index (χ4n) is 1.54. The Morgan fingerprint density at radius 3 is 1.32 bits per heavy atom. The van der Waals surface area contributed by atoms with Gasteiger partial charge in [-0.15, -0.1) is 0 Å². The molecule has 0 aliphatic carbocycles. The zero-order chi connectivity index (χ0) is 18.2. The molecule has 0 aliphatic heterocycles. The van der Waals surface area contributed by atoms with Gasteiger partial charge >= 0.3 is 24.2 Å². The second-order valence-corrected chi connectivity index (χ2v) is 4.53. The summed E-state index contributed by atoms with van der Waals surface area (Å²) in [6, 6.07) is 0. The van der Waals surface area contributed by atoms with Crippen molar-refractivity contribution in [3.05, 3.63) is 12.4 Å². The van der Waals surface area contributed by atoms with E-state index in [1.165, 1.54) is 0 Å². The molecule has 0 fully saturated rings. The average molecular weight is 356 g/mol. The lowest BCUT2D eigenvalue weighted by Crippen LogP contribution is -2.59. The minimum absolute atomic E-state index is 0.376. The van der Waals surface area contributed by atoms with Crippen molar-refractivity contribution in [2.45, 2.75) is 43.2 Å². The Hall–Kier alpha value is -1.10. The van der Waals surface area contributed by atoms with Crippen molar-refractivity contribution < 1.29 is 52.7 Å². The summed E-state index contributed by atoms with van der Waals surface area (Å²) < 4.78 is 150. The maximum Gasteiger partial charge on any atom is 0.432 e. The van der Waals surface area contributed by atoms with Crippen molar-refractivity contribution in [1.82, 2.24) is 0 Å². The second kappa shape index (κ2) is 5.84. The number of hydrogen-bond acceptors (Lipinski definition) is 0. The number of allylic oxidation sites excluding steroid dienone is 1. The van der Waals surface area contributed by atoms with E-state index in [-0.39, 0.29) is 6.92 Å². The lowest BCUT2D eigenvalue weighted by molar-refractivity contribution is -0.358. The zero-order valence-corrected chi connectivity index (χ0v) is 10.5. The third kappa shape index (κ3) is 3.80. The molecule has 132 valence electrons. The van der Waals surface area contributed by atoms with Crippen molar-refractivity contribution in [3.8, 4) is 0 Å². The molecule has 0 radical (unpaired) electrons. The van der Waals surface area contributed by atoms with Gasteiger partial charge in [0.1, 0.15) is 0 Å². The van der Waals surface area contributed by atoms with Gasteiger partial charge in [0, 0.05) is 12.3 Å². The smallest absolute Gasteiger partial charge is 0.234 e. The lowest BCUT2D eigenvalue weighted by Gasteiger charge is -2.37. The normalized spacial score (nSPS) is 19.3. The Labute approximate surface area is 115 Å². The summed E-state index contributed by atoms with van der Waals surface area (Å²) in [6.45, 7) is -0.376. The van der Waals surface area contributed by atoms with Crippen LogP contribution in [0.1, 0.15) is 13.3 Å². The van der Waals surface area contributed by atoms with E-state index in [2.05, 4.69) is 0 Å². The molecule has 0 heterocycles. The Morgan fingerprint density at radius 2 is 1.09 bits per heavy atom. The number of alkyl halides is 11. The first-order valence-electron chi connectivity index (χ1n) is 5.26. The molecule has 0 saturated heterocycles. The van der Waals surface area contributed by atoms with Gasteiger partial charge in [-0.3, -0.25) is 0 Å². The quantitative estimate of drug-likeness (QED) is 0.576. The predicted molar refractivity (Wildman–Crippen MR) is 49.9 cm³/mol. The van der Waals surface area contributed by atoms with Crippen LogP contribution in [0, 0.1) is 5.92 Å². The highest BCUT2D eigenvalue weighted by atomic mass is 19.4. The van der Waals surface area contributed by atoms with Crippen LogP contribution in [0.25, 0.3) is 0 Å². The molecule has 0 amide bonds. The van der Waals surface area contributed by atoms with Crippen LogP contribution in [0.4, 0.5) is 52.7 Å². The summed E-state index contributed by atoms with van der Waals surface area (Å²) >= 11 is 0. The third-order valence-corrected chi connectivity index (χ3v) is 2.84. The van der Waals surface area contributed by atoms with Gasteiger partial charge < -0.3 is 0 Å². The summed E-state index contributed by atoms with van der Waals surface area (Å²) in [5, 5.41) is 0. The first-order chi connectivity index (χ1) is 9.42. The fraction of sp³-hybridized carbons (Fsp3) is 0.800. The topological polar surface area (TPSA) is 0 Å². The van der Waals surface area contributed by atoms with Crippen LogP contribution in [0.3, 0.4) is 0 Å². The van der Waals surface area contributed by atoms with Crippen LogP contribution in [-0.2, 0) is 0 Å².